The van der Waals surface area contributed by atoms with Gasteiger partial charge in [-0.05, 0) is 24.1 Å². The first-order chi connectivity index (χ1) is 7.15. The summed E-state index contributed by atoms with van der Waals surface area (Å²) in [6, 6.07) is 4.77. The molecule has 0 atom stereocenters. The molecule has 1 rings (SSSR count). The van der Waals surface area contributed by atoms with E-state index in [1.165, 1.54) is 5.56 Å². The normalized spacial score (nSPS) is 10.7. The Morgan fingerprint density at radius 2 is 2.07 bits per heavy atom. The molecule has 0 saturated carbocycles. The predicted molar refractivity (Wildman–Crippen MR) is 65.1 cm³/mol. The van der Waals surface area contributed by atoms with Crippen LogP contribution in [-0.2, 0) is 13.0 Å². The smallest absolute Gasteiger partial charge is 0.126 e. The van der Waals surface area contributed by atoms with Crippen molar-refractivity contribution in [3.05, 3.63) is 23.4 Å². The van der Waals surface area contributed by atoms with Crippen LogP contribution in [0.2, 0.25) is 0 Å². The van der Waals surface area contributed by atoms with Gasteiger partial charge in [-0.25, -0.2) is 4.98 Å². The van der Waals surface area contributed by atoms with E-state index in [1.54, 1.807) is 0 Å². The van der Waals surface area contributed by atoms with E-state index >= 15 is 0 Å². The molecule has 0 radical (unpaired) electrons. The Balaban J connectivity index is 2.77. The minimum atomic E-state index is 0.515. The van der Waals surface area contributed by atoms with Crippen molar-refractivity contribution >= 4 is 5.82 Å². The molecule has 84 valence electrons. The van der Waals surface area contributed by atoms with E-state index in [0.29, 0.717) is 6.04 Å². The van der Waals surface area contributed by atoms with E-state index in [4.69, 9.17) is 0 Å². The summed E-state index contributed by atoms with van der Waals surface area (Å²) >= 11 is 0. The minimum Gasteiger partial charge on any atom is -0.373 e. The molecule has 0 saturated heterocycles. The van der Waals surface area contributed by atoms with E-state index in [0.717, 1.165) is 24.5 Å². The largest absolute Gasteiger partial charge is 0.373 e. The van der Waals surface area contributed by atoms with Crippen molar-refractivity contribution in [3.63, 3.8) is 0 Å². The van der Waals surface area contributed by atoms with Crippen LogP contribution in [0, 0.1) is 0 Å². The fourth-order valence-corrected chi connectivity index (χ4v) is 1.38. The highest BCUT2D eigenvalue weighted by molar-refractivity contribution is 5.39. The van der Waals surface area contributed by atoms with Crippen LogP contribution >= 0.6 is 0 Å². The second-order valence-corrected chi connectivity index (χ2v) is 3.99. The van der Waals surface area contributed by atoms with Crippen LogP contribution in [-0.4, -0.2) is 18.1 Å². The number of nitrogens with one attached hydrogen (secondary N) is 2. The highest BCUT2D eigenvalue weighted by atomic mass is 15.0. The maximum Gasteiger partial charge on any atom is 0.126 e. The Bertz CT molecular complexity index is 285. The maximum atomic E-state index is 4.46. The highest BCUT2D eigenvalue weighted by Crippen LogP contribution is 2.10. The Labute approximate surface area is 92.3 Å². The average Bonchev–Trinajstić information content (AvgIpc) is 2.25. The summed E-state index contributed by atoms with van der Waals surface area (Å²) in [7, 11) is 1.90. The lowest BCUT2D eigenvalue weighted by molar-refractivity contribution is 0.588. The minimum absolute atomic E-state index is 0.515. The van der Waals surface area contributed by atoms with Gasteiger partial charge in [-0.2, -0.15) is 0 Å². The standard InChI is InChI=1S/C12H21N3/c1-5-11-6-10(8-14-9(2)3)7-12(13-4)15-11/h6-7,9,14H,5,8H2,1-4H3,(H,13,15). The van der Waals surface area contributed by atoms with Gasteiger partial charge in [-0.3, -0.25) is 0 Å². The van der Waals surface area contributed by atoms with Gasteiger partial charge in [0.1, 0.15) is 5.82 Å². The molecule has 0 aliphatic carbocycles. The van der Waals surface area contributed by atoms with E-state index in [9.17, 15) is 0 Å². The van der Waals surface area contributed by atoms with Crippen LogP contribution in [0.25, 0.3) is 0 Å². The van der Waals surface area contributed by atoms with Gasteiger partial charge < -0.3 is 10.6 Å². The molecule has 15 heavy (non-hydrogen) atoms. The Morgan fingerprint density at radius 3 is 2.60 bits per heavy atom. The molecule has 0 fully saturated rings. The van der Waals surface area contributed by atoms with Gasteiger partial charge in [0, 0.05) is 25.3 Å². The number of aromatic nitrogens is 1. The quantitative estimate of drug-likeness (QED) is 0.777. The van der Waals surface area contributed by atoms with Crippen LogP contribution in [0.1, 0.15) is 32.0 Å². The fourth-order valence-electron chi connectivity index (χ4n) is 1.38. The molecule has 0 unspecified atom stereocenters. The first-order valence-electron chi connectivity index (χ1n) is 5.56. The van der Waals surface area contributed by atoms with Crippen LogP contribution in [0.4, 0.5) is 5.82 Å². The van der Waals surface area contributed by atoms with Crippen molar-refractivity contribution in [1.82, 2.24) is 10.3 Å². The van der Waals surface area contributed by atoms with Gasteiger partial charge in [0.15, 0.2) is 0 Å². The fraction of sp³-hybridized carbons (Fsp3) is 0.583. The average molecular weight is 207 g/mol. The van der Waals surface area contributed by atoms with Gasteiger partial charge >= 0.3 is 0 Å². The van der Waals surface area contributed by atoms with E-state index in [1.807, 2.05) is 7.05 Å². The molecule has 3 nitrogen and oxygen atoms in total. The molecular weight excluding hydrogens is 186 g/mol. The molecule has 0 bridgehead atoms. The molecule has 0 amide bonds. The van der Waals surface area contributed by atoms with E-state index in [-0.39, 0.29) is 0 Å². The zero-order valence-electron chi connectivity index (χ0n) is 10.1. The Hall–Kier alpha value is -1.09. The summed E-state index contributed by atoms with van der Waals surface area (Å²) in [4.78, 5) is 4.46. The summed E-state index contributed by atoms with van der Waals surface area (Å²) in [6.07, 6.45) is 0.976. The number of aryl methyl sites for hydroxylation is 1. The summed E-state index contributed by atoms with van der Waals surface area (Å²) in [5.74, 6) is 0.954. The monoisotopic (exact) mass is 207 g/mol. The van der Waals surface area contributed by atoms with Crippen LogP contribution in [0.5, 0.6) is 0 Å². The summed E-state index contributed by atoms with van der Waals surface area (Å²) in [5, 5.41) is 6.50. The summed E-state index contributed by atoms with van der Waals surface area (Å²) < 4.78 is 0. The third-order valence-corrected chi connectivity index (χ3v) is 2.27. The van der Waals surface area contributed by atoms with Gasteiger partial charge in [0.25, 0.3) is 0 Å². The van der Waals surface area contributed by atoms with Crippen LogP contribution in [0.3, 0.4) is 0 Å². The van der Waals surface area contributed by atoms with Crippen molar-refractivity contribution in [2.24, 2.45) is 0 Å². The van der Waals surface area contributed by atoms with Gasteiger partial charge in [-0.1, -0.05) is 20.8 Å². The second kappa shape index (κ2) is 5.71. The topological polar surface area (TPSA) is 37.0 Å². The number of rotatable bonds is 5. The molecule has 0 aliphatic heterocycles. The molecule has 1 aromatic rings. The van der Waals surface area contributed by atoms with Crippen molar-refractivity contribution in [2.45, 2.75) is 39.8 Å². The number of pyridine rings is 1. The molecule has 0 aliphatic rings. The summed E-state index contributed by atoms with van der Waals surface area (Å²) in [6.45, 7) is 7.34. The Morgan fingerprint density at radius 1 is 1.33 bits per heavy atom. The number of nitrogens with zero attached hydrogens (tertiary/aromatic N) is 1. The molecular formula is C12H21N3. The van der Waals surface area contributed by atoms with Crippen molar-refractivity contribution in [1.29, 1.82) is 0 Å². The molecule has 1 aromatic heterocycles. The van der Waals surface area contributed by atoms with Crippen molar-refractivity contribution in [3.8, 4) is 0 Å². The maximum absolute atomic E-state index is 4.46. The first kappa shape index (κ1) is 12.0. The van der Waals surface area contributed by atoms with Crippen LogP contribution in [0.15, 0.2) is 12.1 Å². The molecule has 0 spiro atoms. The highest BCUT2D eigenvalue weighted by Gasteiger charge is 2.01. The van der Waals surface area contributed by atoms with E-state index < -0.39 is 0 Å². The van der Waals surface area contributed by atoms with Gasteiger partial charge in [0.05, 0.1) is 0 Å². The lowest BCUT2D eigenvalue weighted by Gasteiger charge is -2.10. The first-order valence-corrected chi connectivity index (χ1v) is 5.56. The lowest BCUT2D eigenvalue weighted by Crippen LogP contribution is -2.22. The molecule has 3 heteroatoms. The molecule has 0 aromatic carbocycles. The third-order valence-electron chi connectivity index (χ3n) is 2.27. The zero-order valence-corrected chi connectivity index (χ0v) is 10.1. The predicted octanol–water partition coefficient (Wildman–Crippen LogP) is 2.18. The third kappa shape index (κ3) is 3.88. The van der Waals surface area contributed by atoms with E-state index in [2.05, 4.69) is 48.5 Å². The van der Waals surface area contributed by atoms with Crippen molar-refractivity contribution < 1.29 is 0 Å². The van der Waals surface area contributed by atoms with Crippen LogP contribution < -0.4 is 10.6 Å². The van der Waals surface area contributed by atoms with Crippen molar-refractivity contribution in [2.75, 3.05) is 12.4 Å². The lowest BCUT2D eigenvalue weighted by atomic mass is 10.2. The molecule has 1 heterocycles. The molecule has 2 N–H and O–H groups in total. The number of hydrogen-bond acceptors (Lipinski definition) is 3. The Kier molecular flexibility index (Phi) is 4.56. The summed E-state index contributed by atoms with van der Waals surface area (Å²) in [5.41, 5.74) is 2.43. The zero-order chi connectivity index (χ0) is 11.3. The second-order valence-electron chi connectivity index (χ2n) is 3.99. The van der Waals surface area contributed by atoms with Gasteiger partial charge in [-0.15, -0.1) is 0 Å². The number of hydrogen-bond donors (Lipinski definition) is 2. The van der Waals surface area contributed by atoms with Gasteiger partial charge in [0.2, 0.25) is 0 Å². The number of anilines is 1. The SMILES string of the molecule is CCc1cc(CNC(C)C)cc(NC)n1.